The molecule has 2 heterocycles. The molecule has 1 unspecified atom stereocenters. The van der Waals surface area contributed by atoms with Crippen molar-refractivity contribution in [1.82, 2.24) is 15.2 Å². The van der Waals surface area contributed by atoms with Gasteiger partial charge in [0.25, 0.3) is 0 Å². The summed E-state index contributed by atoms with van der Waals surface area (Å²) in [4.78, 5) is 18.6. The number of nitrogens with one attached hydrogen (secondary N) is 1. The van der Waals surface area contributed by atoms with Gasteiger partial charge in [-0.3, -0.25) is 9.78 Å². The number of aromatic nitrogens is 1. The molecule has 2 aromatic rings. The Labute approximate surface area is 149 Å². The third-order valence-corrected chi connectivity index (χ3v) is 4.59. The topological polar surface area (TPSA) is 45.2 Å². The SMILES string of the molecule is O=C(C=Cc1ccccn1)NCC1CCN(CCc2ccccc2)C1. The highest BCUT2D eigenvalue weighted by molar-refractivity contribution is 5.91. The van der Waals surface area contributed by atoms with Gasteiger partial charge in [-0.25, -0.2) is 0 Å². The molecule has 1 atom stereocenters. The van der Waals surface area contributed by atoms with Crippen molar-refractivity contribution in [2.24, 2.45) is 5.92 Å². The van der Waals surface area contributed by atoms with Crippen LogP contribution < -0.4 is 5.32 Å². The van der Waals surface area contributed by atoms with Gasteiger partial charge in [0.1, 0.15) is 0 Å². The second kappa shape index (κ2) is 9.14. The third kappa shape index (κ3) is 5.84. The minimum Gasteiger partial charge on any atom is -0.352 e. The second-order valence-corrected chi connectivity index (χ2v) is 6.52. The van der Waals surface area contributed by atoms with E-state index in [-0.39, 0.29) is 5.91 Å². The van der Waals surface area contributed by atoms with E-state index in [1.807, 2.05) is 18.2 Å². The van der Waals surface area contributed by atoms with Gasteiger partial charge in [-0.1, -0.05) is 36.4 Å². The molecular weight excluding hydrogens is 310 g/mol. The van der Waals surface area contributed by atoms with E-state index in [1.165, 1.54) is 5.56 Å². The van der Waals surface area contributed by atoms with E-state index in [0.29, 0.717) is 5.92 Å². The van der Waals surface area contributed by atoms with Gasteiger partial charge in [0.2, 0.25) is 5.91 Å². The Morgan fingerprint density at radius 1 is 1.20 bits per heavy atom. The van der Waals surface area contributed by atoms with E-state index < -0.39 is 0 Å². The molecule has 1 N–H and O–H groups in total. The highest BCUT2D eigenvalue weighted by Gasteiger charge is 2.22. The van der Waals surface area contributed by atoms with Crippen LogP contribution in [0.3, 0.4) is 0 Å². The molecule has 1 aromatic heterocycles. The number of amides is 1. The quantitative estimate of drug-likeness (QED) is 0.792. The largest absolute Gasteiger partial charge is 0.352 e. The van der Waals surface area contributed by atoms with Crippen LogP contribution in [0, 0.1) is 5.92 Å². The molecule has 130 valence electrons. The average molecular weight is 335 g/mol. The summed E-state index contributed by atoms with van der Waals surface area (Å²) in [6.07, 6.45) is 7.27. The Morgan fingerprint density at radius 3 is 2.84 bits per heavy atom. The normalized spacial score (nSPS) is 17.8. The monoisotopic (exact) mass is 335 g/mol. The molecule has 0 bridgehead atoms. The lowest BCUT2D eigenvalue weighted by molar-refractivity contribution is -0.116. The first kappa shape index (κ1) is 17.4. The minimum atomic E-state index is -0.0478. The first-order chi connectivity index (χ1) is 12.3. The van der Waals surface area contributed by atoms with Crippen LogP contribution in [-0.4, -0.2) is 42.0 Å². The maximum atomic E-state index is 11.9. The van der Waals surface area contributed by atoms with E-state index in [1.54, 1.807) is 18.3 Å². The molecule has 0 saturated carbocycles. The number of benzene rings is 1. The van der Waals surface area contributed by atoms with Gasteiger partial charge in [-0.15, -0.1) is 0 Å². The van der Waals surface area contributed by atoms with E-state index in [4.69, 9.17) is 0 Å². The molecule has 4 heteroatoms. The van der Waals surface area contributed by atoms with Gasteiger partial charge in [0.05, 0.1) is 5.69 Å². The Morgan fingerprint density at radius 2 is 2.04 bits per heavy atom. The minimum absolute atomic E-state index is 0.0478. The smallest absolute Gasteiger partial charge is 0.244 e. The Balaban J connectivity index is 1.35. The van der Waals surface area contributed by atoms with E-state index in [0.717, 1.165) is 44.7 Å². The van der Waals surface area contributed by atoms with Gasteiger partial charge in [0.15, 0.2) is 0 Å². The van der Waals surface area contributed by atoms with Crippen LogP contribution in [0.5, 0.6) is 0 Å². The van der Waals surface area contributed by atoms with Crippen LogP contribution in [0.25, 0.3) is 6.08 Å². The molecule has 25 heavy (non-hydrogen) atoms. The predicted octanol–water partition coefficient (Wildman–Crippen LogP) is 2.78. The zero-order valence-electron chi connectivity index (χ0n) is 14.5. The van der Waals surface area contributed by atoms with Gasteiger partial charge >= 0.3 is 0 Å². The van der Waals surface area contributed by atoms with Crippen LogP contribution in [0.15, 0.2) is 60.8 Å². The number of rotatable bonds is 7. The molecule has 1 saturated heterocycles. The Hall–Kier alpha value is -2.46. The molecule has 1 aliphatic rings. The molecule has 1 aromatic carbocycles. The van der Waals surface area contributed by atoms with Crippen molar-refractivity contribution < 1.29 is 4.79 Å². The summed E-state index contributed by atoms with van der Waals surface area (Å²) in [5.41, 5.74) is 2.18. The van der Waals surface area contributed by atoms with E-state index in [9.17, 15) is 4.79 Å². The van der Waals surface area contributed by atoms with Crippen LogP contribution >= 0.6 is 0 Å². The lowest BCUT2D eigenvalue weighted by Gasteiger charge is -2.16. The molecule has 1 fully saturated rings. The van der Waals surface area contributed by atoms with Crippen molar-refractivity contribution in [2.45, 2.75) is 12.8 Å². The fourth-order valence-corrected chi connectivity index (χ4v) is 3.15. The number of hydrogen-bond acceptors (Lipinski definition) is 3. The number of carbonyl (C=O) groups excluding carboxylic acids is 1. The van der Waals surface area contributed by atoms with Gasteiger partial charge in [-0.05, 0) is 49.1 Å². The molecule has 4 nitrogen and oxygen atoms in total. The maximum Gasteiger partial charge on any atom is 0.244 e. The summed E-state index contributed by atoms with van der Waals surface area (Å²) in [6, 6.07) is 16.3. The van der Waals surface area contributed by atoms with Crippen molar-refractivity contribution in [3.63, 3.8) is 0 Å². The van der Waals surface area contributed by atoms with Crippen molar-refractivity contribution in [1.29, 1.82) is 0 Å². The summed E-state index contributed by atoms with van der Waals surface area (Å²) >= 11 is 0. The lowest BCUT2D eigenvalue weighted by Crippen LogP contribution is -2.30. The molecular formula is C21H25N3O. The number of pyridine rings is 1. The average Bonchev–Trinajstić information content (AvgIpc) is 3.13. The third-order valence-electron chi connectivity index (χ3n) is 4.59. The number of carbonyl (C=O) groups is 1. The zero-order chi connectivity index (χ0) is 17.3. The maximum absolute atomic E-state index is 11.9. The van der Waals surface area contributed by atoms with Crippen molar-refractivity contribution >= 4 is 12.0 Å². The van der Waals surface area contributed by atoms with Crippen molar-refractivity contribution in [2.75, 3.05) is 26.2 Å². The molecule has 0 aliphatic carbocycles. The number of nitrogens with zero attached hydrogens (tertiary/aromatic N) is 2. The van der Waals surface area contributed by atoms with Crippen LogP contribution in [-0.2, 0) is 11.2 Å². The fourth-order valence-electron chi connectivity index (χ4n) is 3.15. The highest BCUT2D eigenvalue weighted by Crippen LogP contribution is 2.16. The van der Waals surface area contributed by atoms with Crippen LogP contribution in [0.1, 0.15) is 17.7 Å². The summed E-state index contributed by atoms with van der Waals surface area (Å²) in [6.45, 7) is 4.02. The molecule has 0 spiro atoms. The summed E-state index contributed by atoms with van der Waals surface area (Å²) < 4.78 is 0. The van der Waals surface area contributed by atoms with Crippen molar-refractivity contribution in [3.05, 3.63) is 72.1 Å². The zero-order valence-corrected chi connectivity index (χ0v) is 14.5. The summed E-state index contributed by atoms with van der Waals surface area (Å²) in [7, 11) is 0. The van der Waals surface area contributed by atoms with Gasteiger partial charge < -0.3 is 10.2 Å². The second-order valence-electron chi connectivity index (χ2n) is 6.52. The summed E-state index contributed by atoms with van der Waals surface area (Å²) in [5, 5.41) is 3.01. The van der Waals surface area contributed by atoms with E-state index >= 15 is 0 Å². The number of likely N-dealkylation sites (tertiary alicyclic amines) is 1. The van der Waals surface area contributed by atoms with Gasteiger partial charge in [-0.2, -0.15) is 0 Å². The lowest BCUT2D eigenvalue weighted by atomic mass is 10.1. The van der Waals surface area contributed by atoms with Crippen LogP contribution in [0.2, 0.25) is 0 Å². The molecule has 1 aliphatic heterocycles. The van der Waals surface area contributed by atoms with Crippen LogP contribution in [0.4, 0.5) is 0 Å². The molecule has 0 radical (unpaired) electrons. The van der Waals surface area contributed by atoms with E-state index in [2.05, 4.69) is 45.5 Å². The fraction of sp³-hybridized carbons (Fsp3) is 0.333. The highest BCUT2D eigenvalue weighted by atomic mass is 16.1. The van der Waals surface area contributed by atoms with Crippen molar-refractivity contribution in [3.8, 4) is 0 Å². The predicted molar refractivity (Wildman–Crippen MR) is 101 cm³/mol. The molecule has 1 amide bonds. The Kier molecular flexibility index (Phi) is 6.35. The summed E-state index contributed by atoms with van der Waals surface area (Å²) in [5.74, 6) is 0.497. The van der Waals surface area contributed by atoms with Gasteiger partial charge in [0, 0.05) is 31.9 Å². The molecule has 3 rings (SSSR count). The standard InChI is InChI=1S/C21H25N3O/c25-21(10-9-20-8-4-5-13-22-20)23-16-19-12-15-24(17-19)14-11-18-6-2-1-3-7-18/h1-10,13,19H,11-12,14-17H2,(H,23,25). The first-order valence-corrected chi connectivity index (χ1v) is 8.93. The Bertz CT molecular complexity index is 685. The first-order valence-electron chi connectivity index (χ1n) is 8.93. The number of hydrogen-bond donors (Lipinski definition) is 1.